The number of anilines is 1. The Kier molecular flexibility index (Phi) is 5.31. The molecule has 1 amide bonds. The second-order valence-electron chi connectivity index (χ2n) is 5.49. The Morgan fingerprint density at radius 2 is 1.35 bits per heavy atom. The Morgan fingerprint density at radius 1 is 0.846 bits per heavy atom. The van der Waals surface area contributed by atoms with E-state index in [2.05, 4.69) is 5.32 Å². The number of carbonyl (C=O) groups is 1. The maximum atomic E-state index is 12.8. The molecule has 0 radical (unpaired) electrons. The monoisotopic (exact) mass is 377 g/mol. The van der Waals surface area contributed by atoms with E-state index >= 15 is 0 Å². The minimum atomic E-state index is -5.96. The summed E-state index contributed by atoms with van der Waals surface area (Å²) in [5, 5.41) is 11.6. The molecular formula is C17H13F6NO2. The molecule has 2 aromatic rings. The molecule has 0 aliphatic rings. The topological polar surface area (TPSA) is 49.3 Å². The van der Waals surface area contributed by atoms with Crippen molar-refractivity contribution in [1.82, 2.24) is 0 Å². The number of carbonyl (C=O) groups excluding carboxylic acids is 1. The lowest BCUT2D eigenvalue weighted by Crippen LogP contribution is -2.53. The lowest BCUT2D eigenvalue weighted by atomic mass is 9.92. The third-order valence-electron chi connectivity index (χ3n) is 3.61. The number of nitrogens with one attached hydrogen (secondary N) is 1. The first-order valence-corrected chi connectivity index (χ1v) is 7.25. The summed E-state index contributed by atoms with van der Waals surface area (Å²) in [4.78, 5) is 11.9. The largest absolute Gasteiger partial charge is 0.430 e. The molecule has 3 nitrogen and oxygen atoms in total. The van der Waals surface area contributed by atoms with Crippen LogP contribution in [0.25, 0.3) is 0 Å². The van der Waals surface area contributed by atoms with E-state index < -0.39 is 29.4 Å². The lowest BCUT2D eigenvalue weighted by molar-refractivity contribution is -0.376. The molecular weight excluding hydrogens is 364 g/mol. The van der Waals surface area contributed by atoms with Crippen LogP contribution in [0.1, 0.15) is 11.1 Å². The van der Waals surface area contributed by atoms with Gasteiger partial charge in [0.2, 0.25) is 5.91 Å². The Bertz CT molecular complexity index is 740. The third-order valence-corrected chi connectivity index (χ3v) is 3.61. The molecule has 26 heavy (non-hydrogen) atoms. The van der Waals surface area contributed by atoms with Crippen LogP contribution < -0.4 is 5.32 Å². The van der Waals surface area contributed by atoms with Crippen molar-refractivity contribution in [2.24, 2.45) is 0 Å². The van der Waals surface area contributed by atoms with E-state index in [0.29, 0.717) is 17.7 Å². The molecule has 2 N–H and O–H groups in total. The molecule has 0 atom stereocenters. The SMILES string of the molecule is O=C(Cc1ccccc1)Nc1ccc(C(O)(C(F)(F)F)C(F)(F)F)cc1. The zero-order valence-corrected chi connectivity index (χ0v) is 13.0. The first-order chi connectivity index (χ1) is 11.9. The van der Waals surface area contributed by atoms with Gasteiger partial charge in [0.25, 0.3) is 5.60 Å². The van der Waals surface area contributed by atoms with Crippen LogP contribution in [-0.2, 0) is 16.8 Å². The smallest absolute Gasteiger partial charge is 0.369 e. The van der Waals surface area contributed by atoms with Crippen molar-refractivity contribution in [2.75, 3.05) is 5.32 Å². The number of hydrogen-bond acceptors (Lipinski definition) is 2. The molecule has 0 aliphatic heterocycles. The van der Waals surface area contributed by atoms with E-state index in [1.165, 1.54) is 0 Å². The maximum Gasteiger partial charge on any atom is 0.430 e. The van der Waals surface area contributed by atoms with E-state index in [4.69, 9.17) is 0 Å². The Balaban J connectivity index is 2.18. The van der Waals surface area contributed by atoms with Gasteiger partial charge in [0.1, 0.15) is 0 Å². The second kappa shape index (κ2) is 6.99. The number of aliphatic hydroxyl groups is 1. The summed E-state index contributed by atoms with van der Waals surface area (Å²) >= 11 is 0. The molecule has 0 spiro atoms. The van der Waals surface area contributed by atoms with Crippen LogP contribution in [-0.4, -0.2) is 23.4 Å². The van der Waals surface area contributed by atoms with Crippen LogP contribution >= 0.6 is 0 Å². The highest BCUT2D eigenvalue weighted by Crippen LogP contribution is 2.50. The molecule has 0 bridgehead atoms. The number of benzene rings is 2. The van der Waals surface area contributed by atoms with E-state index in [-0.39, 0.29) is 12.1 Å². The average molecular weight is 377 g/mol. The molecule has 0 fully saturated rings. The van der Waals surface area contributed by atoms with Gasteiger partial charge in [-0.3, -0.25) is 4.79 Å². The number of halogens is 6. The number of alkyl halides is 6. The van der Waals surface area contributed by atoms with Crippen molar-refractivity contribution in [1.29, 1.82) is 0 Å². The Labute approximate surface area is 144 Å². The number of rotatable bonds is 4. The van der Waals surface area contributed by atoms with Crippen LogP contribution in [0, 0.1) is 0 Å². The molecule has 0 aliphatic carbocycles. The summed E-state index contributed by atoms with van der Waals surface area (Å²) in [6, 6.07) is 11.2. The lowest BCUT2D eigenvalue weighted by Gasteiger charge is -2.32. The highest BCUT2D eigenvalue weighted by atomic mass is 19.4. The summed E-state index contributed by atoms with van der Waals surface area (Å²) in [5.74, 6) is -0.495. The predicted octanol–water partition coefficient (Wildman–Crippen LogP) is 4.18. The molecule has 140 valence electrons. The molecule has 0 saturated carbocycles. The van der Waals surface area contributed by atoms with Gasteiger partial charge in [-0.15, -0.1) is 0 Å². The van der Waals surface area contributed by atoms with Crippen molar-refractivity contribution in [2.45, 2.75) is 24.4 Å². The fourth-order valence-electron chi connectivity index (χ4n) is 2.27. The summed E-state index contributed by atoms with van der Waals surface area (Å²) in [6.07, 6.45) is -11.9. The standard InChI is InChI=1S/C17H13F6NO2/c18-16(19,20)15(26,17(21,22)23)12-6-8-13(9-7-12)24-14(25)10-11-4-2-1-3-5-11/h1-9,26H,10H2,(H,24,25). The van der Waals surface area contributed by atoms with Gasteiger partial charge in [-0.25, -0.2) is 0 Å². The first-order valence-electron chi connectivity index (χ1n) is 7.25. The molecule has 0 unspecified atom stereocenters. The Hall–Kier alpha value is -2.55. The fraction of sp³-hybridized carbons (Fsp3) is 0.235. The van der Waals surface area contributed by atoms with Crippen molar-refractivity contribution in [3.63, 3.8) is 0 Å². The quantitative estimate of drug-likeness (QED) is 0.786. The fourth-order valence-corrected chi connectivity index (χ4v) is 2.27. The molecule has 0 heterocycles. The highest BCUT2D eigenvalue weighted by molar-refractivity contribution is 5.92. The average Bonchev–Trinajstić information content (AvgIpc) is 2.53. The summed E-state index contributed by atoms with van der Waals surface area (Å²) < 4.78 is 76.8. The molecule has 0 aromatic heterocycles. The number of amides is 1. The van der Waals surface area contributed by atoms with Gasteiger partial charge in [0, 0.05) is 11.3 Å². The van der Waals surface area contributed by atoms with Crippen molar-refractivity contribution < 1.29 is 36.2 Å². The molecule has 2 rings (SSSR count). The van der Waals surface area contributed by atoms with E-state index in [0.717, 1.165) is 12.1 Å². The summed E-state index contributed by atoms with van der Waals surface area (Å²) in [7, 11) is 0. The van der Waals surface area contributed by atoms with E-state index in [1.807, 2.05) is 0 Å². The highest BCUT2D eigenvalue weighted by Gasteiger charge is 2.71. The summed E-state index contributed by atoms with van der Waals surface area (Å²) in [5.41, 5.74) is -5.70. The molecule has 9 heteroatoms. The van der Waals surface area contributed by atoms with Crippen LogP contribution in [0.3, 0.4) is 0 Å². The van der Waals surface area contributed by atoms with Crippen LogP contribution in [0.4, 0.5) is 32.0 Å². The van der Waals surface area contributed by atoms with Gasteiger partial charge in [0.05, 0.1) is 6.42 Å². The van der Waals surface area contributed by atoms with Gasteiger partial charge in [-0.05, 0) is 17.7 Å². The van der Waals surface area contributed by atoms with Crippen molar-refractivity contribution in [3.8, 4) is 0 Å². The zero-order chi connectivity index (χ0) is 19.6. The van der Waals surface area contributed by atoms with E-state index in [1.54, 1.807) is 30.3 Å². The van der Waals surface area contributed by atoms with Gasteiger partial charge in [-0.2, -0.15) is 26.3 Å². The van der Waals surface area contributed by atoms with Crippen LogP contribution in [0.5, 0.6) is 0 Å². The van der Waals surface area contributed by atoms with Gasteiger partial charge in [-0.1, -0.05) is 42.5 Å². The summed E-state index contributed by atoms with van der Waals surface area (Å²) in [6.45, 7) is 0. The van der Waals surface area contributed by atoms with Crippen LogP contribution in [0.15, 0.2) is 54.6 Å². The Morgan fingerprint density at radius 3 is 1.81 bits per heavy atom. The van der Waals surface area contributed by atoms with Gasteiger partial charge >= 0.3 is 12.4 Å². The normalized spacial score (nSPS) is 12.7. The van der Waals surface area contributed by atoms with Crippen molar-refractivity contribution in [3.05, 3.63) is 65.7 Å². The van der Waals surface area contributed by atoms with Gasteiger partial charge in [0.15, 0.2) is 0 Å². The minimum Gasteiger partial charge on any atom is -0.369 e. The van der Waals surface area contributed by atoms with Crippen LogP contribution in [0.2, 0.25) is 0 Å². The number of hydrogen-bond donors (Lipinski definition) is 2. The third kappa shape index (κ3) is 3.98. The maximum absolute atomic E-state index is 12.8. The first kappa shape index (κ1) is 19.8. The van der Waals surface area contributed by atoms with E-state index in [9.17, 15) is 36.2 Å². The van der Waals surface area contributed by atoms with Gasteiger partial charge < -0.3 is 10.4 Å². The van der Waals surface area contributed by atoms with Crippen molar-refractivity contribution >= 4 is 11.6 Å². The molecule has 0 saturated heterocycles. The predicted molar refractivity (Wildman–Crippen MR) is 81.2 cm³/mol. The zero-order valence-electron chi connectivity index (χ0n) is 13.0. The minimum absolute atomic E-state index is 0.00128. The molecule has 2 aromatic carbocycles. The second-order valence-corrected chi connectivity index (χ2v) is 5.49.